The number of halogens is 2. The third-order valence-corrected chi connectivity index (χ3v) is 3.55. The second-order valence-corrected chi connectivity index (χ2v) is 5.47. The lowest BCUT2D eigenvalue weighted by Gasteiger charge is -2.15. The standard InChI is InChI=1S/C12H15Cl2N3OS/c13-8-3-4-11(10(14)6-8)16-17-12(19)15-7-9-2-1-5-18-9/h3-4,6,9,16H,1-2,5,7H2,(H2,15,17,19)/t9-/m1/s1. The Morgan fingerprint density at radius 2 is 2.26 bits per heavy atom. The molecule has 0 bridgehead atoms. The number of hydrazine groups is 1. The Hall–Kier alpha value is -0.750. The summed E-state index contributed by atoms with van der Waals surface area (Å²) in [4.78, 5) is 0. The molecule has 3 N–H and O–H groups in total. The monoisotopic (exact) mass is 319 g/mol. The zero-order chi connectivity index (χ0) is 13.7. The highest BCUT2D eigenvalue weighted by atomic mass is 35.5. The maximum atomic E-state index is 6.02. The van der Waals surface area contributed by atoms with Gasteiger partial charge >= 0.3 is 0 Å². The molecule has 1 atom stereocenters. The third kappa shape index (κ3) is 4.69. The Morgan fingerprint density at radius 1 is 1.42 bits per heavy atom. The van der Waals surface area contributed by atoms with Gasteiger partial charge in [0.2, 0.25) is 0 Å². The second-order valence-electron chi connectivity index (χ2n) is 4.22. The molecule has 0 saturated carbocycles. The first-order valence-electron chi connectivity index (χ1n) is 6.01. The minimum atomic E-state index is 0.249. The number of hydrogen-bond acceptors (Lipinski definition) is 3. The summed E-state index contributed by atoms with van der Waals surface area (Å²) in [6, 6.07) is 5.19. The van der Waals surface area contributed by atoms with Crippen molar-refractivity contribution in [1.82, 2.24) is 10.7 Å². The summed E-state index contributed by atoms with van der Waals surface area (Å²) in [6.45, 7) is 1.55. The minimum absolute atomic E-state index is 0.249. The number of nitrogens with one attached hydrogen (secondary N) is 3. The van der Waals surface area contributed by atoms with Crippen molar-refractivity contribution in [1.29, 1.82) is 0 Å². The molecule has 1 aromatic rings. The van der Waals surface area contributed by atoms with Crippen molar-refractivity contribution in [2.24, 2.45) is 0 Å². The summed E-state index contributed by atoms with van der Waals surface area (Å²) in [7, 11) is 0. The lowest BCUT2D eigenvalue weighted by atomic mass is 10.2. The van der Waals surface area contributed by atoms with E-state index in [1.54, 1.807) is 18.2 Å². The molecule has 4 nitrogen and oxygen atoms in total. The van der Waals surface area contributed by atoms with E-state index in [2.05, 4.69) is 16.2 Å². The molecular formula is C12H15Cl2N3OS. The van der Waals surface area contributed by atoms with E-state index in [9.17, 15) is 0 Å². The summed E-state index contributed by atoms with van der Waals surface area (Å²) in [5.74, 6) is 0. The molecule has 1 aromatic carbocycles. The highest BCUT2D eigenvalue weighted by molar-refractivity contribution is 7.80. The quantitative estimate of drug-likeness (QED) is 0.588. The number of hydrogen-bond donors (Lipinski definition) is 3. The molecule has 1 aliphatic rings. The van der Waals surface area contributed by atoms with Crippen LogP contribution >= 0.6 is 35.4 Å². The molecule has 0 aromatic heterocycles. The van der Waals surface area contributed by atoms with Crippen LogP contribution in [0, 0.1) is 0 Å². The van der Waals surface area contributed by atoms with Gasteiger partial charge in [0.15, 0.2) is 5.11 Å². The van der Waals surface area contributed by atoms with Gasteiger partial charge in [-0.25, -0.2) is 0 Å². The second kappa shape index (κ2) is 7.14. The van der Waals surface area contributed by atoms with E-state index < -0.39 is 0 Å². The summed E-state index contributed by atoms with van der Waals surface area (Å²) in [6.07, 6.45) is 2.44. The fraction of sp³-hybridized carbons (Fsp3) is 0.417. The van der Waals surface area contributed by atoms with Gasteiger partial charge in [-0.15, -0.1) is 0 Å². The molecule has 0 unspecified atom stereocenters. The normalized spacial score (nSPS) is 18.1. The molecule has 1 saturated heterocycles. The Kier molecular flexibility index (Phi) is 5.51. The topological polar surface area (TPSA) is 45.3 Å². The van der Waals surface area contributed by atoms with Gasteiger partial charge in [-0.2, -0.15) is 0 Å². The van der Waals surface area contributed by atoms with Crippen LogP contribution < -0.4 is 16.2 Å². The molecule has 0 radical (unpaired) electrons. The maximum absolute atomic E-state index is 6.02. The van der Waals surface area contributed by atoms with Crippen LogP contribution in [0.25, 0.3) is 0 Å². The molecule has 1 heterocycles. The Labute approximate surface area is 127 Å². The van der Waals surface area contributed by atoms with Gasteiger partial charge in [0.25, 0.3) is 0 Å². The molecule has 0 aliphatic carbocycles. The van der Waals surface area contributed by atoms with E-state index in [0.29, 0.717) is 27.4 Å². The molecular weight excluding hydrogens is 305 g/mol. The van der Waals surface area contributed by atoms with E-state index >= 15 is 0 Å². The zero-order valence-electron chi connectivity index (χ0n) is 10.2. The van der Waals surface area contributed by atoms with Crippen LogP contribution in [0.1, 0.15) is 12.8 Å². The molecule has 1 fully saturated rings. The number of ether oxygens (including phenoxy) is 1. The first-order valence-corrected chi connectivity index (χ1v) is 7.18. The first kappa shape index (κ1) is 14.7. The van der Waals surface area contributed by atoms with E-state index in [4.69, 9.17) is 40.2 Å². The number of rotatable bonds is 4. The van der Waals surface area contributed by atoms with Crippen molar-refractivity contribution < 1.29 is 4.74 Å². The average molecular weight is 320 g/mol. The number of anilines is 1. The average Bonchev–Trinajstić information content (AvgIpc) is 2.88. The van der Waals surface area contributed by atoms with Crippen LogP contribution in [0.2, 0.25) is 10.0 Å². The smallest absolute Gasteiger partial charge is 0.185 e. The number of benzene rings is 1. The van der Waals surface area contributed by atoms with Crippen LogP contribution in [-0.4, -0.2) is 24.4 Å². The summed E-state index contributed by atoms with van der Waals surface area (Å²) in [5, 5.41) is 4.71. The molecule has 2 rings (SSSR count). The van der Waals surface area contributed by atoms with E-state index in [-0.39, 0.29) is 6.10 Å². The van der Waals surface area contributed by atoms with Gasteiger partial charge < -0.3 is 10.1 Å². The van der Waals surface area contributed by atoms with Crippen LogP contribution in [0.3, 0.4) is 0 Å². The van der Waals surface area contributed by atoms with Crippen molar-refractivity contribution in [2.75, 3.05) is 18.6 Å². The van der Waals surface area contributed by atoms with Gasteiger partial charge in [0.1, 0.15) is 0 Å². The SMILES string of the molecule is S=C(NC[C@H]1CCCO1)NNc1ccc(Cl)cc1Cl. The summed E-state index contributed by atoms with van der Waals surface area (Å²) in [5.41, 5.74) is 6.52. The minimum Gasteiger partial charge on any atom is -0.376 e. The van der Waals surface area contributed by atoms with Gasteiger partial charge in [0.05, 0.1) is 16.8 Å². The van der Waals surface area contributed by atoms with Crippen molar-refractivity contribution in [3.63, 3.8) is 0 Å². The molecule has 0 spiro atoms. The maximum Gasteiger partial charge on any atom is 0.185 e. The lowest BCUT2D eigenvalue weighted by Crippen LogP contribution is -2.42. The van der Waals surface area contributed by atoms with Crippen LogP contribution in [0.5, 0.6) is 0 Å². The summed E-state index contributed by atoms with van der Waals surface area (Å²) >= 11 is 17.0. The third-order valence-electron chi connectivity index (χ3n) is 2.76. The fourth-order valence-corrected chi connectivity index (χ4v) is 2.36. The van der Waals surface area contributed by atoms with Gasteiger partial charge in [0, 0.05) is 18.2 Å². The van der Waals surface area contributed by atoms with Crippen molar-refractivity contribution in [2.45, 2.75) is 18.9 Å². The van der Waals surface area contributed by atoms with Crippen LogP contribution in [-0.2, 0) is 4.74 Å². The van der Waals surface area contributed by atoms with Crippen LogP contribution in [0.4, 0.5) is 5.69 Å². The highest BCUT2D eigenvalue weighted by Gasteiger charge is 2.15. The fourth-order valence-electron chi connectivity index (χ4n) is 1.77. The lowest BCUT2D eigenvalue weighted by molar-refractivity contribution is 0.114. The summed E-state index contributed by atoms with van der Waals surface area (Å²) < 4.78 is 5.49. The van der Waals surface area contributed by atoms with Crippen LogP contribution in [0.15, 0.2) is 18.2 Å². The predicted octanol–water partition coefficient (Wildman–Crippen LogP) is 2.96. The largest absolute Gasteiger partial charge is 0.376 e. The van der Waals surface area contributed by atoms with Crippen molar-refractivity contribution in [3.05, 3.63) is 28.2 Å². The van der Waals surface area contributed by atoms with Gasteiger partial charge in [-0.1, -0.05) is 23.2 Å². The Morgan fingerprint density at radius 3 is 2.95 bits per heavy atom. The van der Waals surface area contributed by atoms with Gasteiger partial charge in [-0.3, -0.25) is 10.9 Å². The highest BCUT2D eigenvalue weighted by Crippen LogP contribution is 2.24. The van der Waals surface area contributed by atoms with E-state index in [0.717, 1.165) is 19.4 Å². The number of thiocarbonyl (C=S) groups is 1. The van der Waals surface area contributed by atoms with E-state index in [1.807, 2.05) is 0 Å². The van der Waals surface area contributed by atoms with Gasteiger partial charge in [-0.05, 0) is 43.3 Å². The molecule has 19 heavy (non-hydrogen) atoms. The van der Waals surface area contributed by atoms with Crippen molar-refractivity contribution >= 4 is 46.2 Å². The van der Waals surface area contributed by atoms with Crippen molar-refractivity contribution in [3.8, 4) is 0 Å². The zero-order valence-corrected chi connectivity index (χ0v) is 12.5. The first-order chi connectivity index (χ1) is 9.15. The predicted molar refractivity (Wildman–Crippen MR) is 82.8 cm³/mol. The molecule has 0 amide bonds. The molecule has 104 valence electrons. The Bertz CT molecular complexity index is 453. The molecule has 1 aliphatic heterocycles. The Balaban J connectivity index is 1.73. The molecule has 7 heteroatoms. The van der Waals surface area contributed by atoms with E-state index in [1.165, 1.54) is 0 Å².